The van der Waals surface area contributed by atoms with Gasteiger partial charge in [-0.1, -0.05) is 43.3 Å². The summed E-state index contributed by atoms with van der Waals surface area (Å²) >= 11 is 1.31. The van der Waals surface area contributed by atoms with Gasteiger partial charge in [0.1, 0.15) is 0 Å². The van der Waals surface area contributed by atoms with E-state index in [9.17, 15) is 4.79 Å². The van der Waals surface area contributed by atoms with Crippen LogP contribution in [-0.2, 0) is 11.2 Å². The molecule has 1 amide bonds. The SMILES string of the molecule is C=CCNC(=O)CSc1nnnn1-c1ccc(CCCC)cc1. The van der Waals surface area contributed by atoms with Crippen molar-refractivity contribution in [3.8, 4) is 5.69 Å². The lowest BCUT2D eigenvalue weighted by atomic mass is 10.1. The molecule has 0 aliphatic rings. The predicted molar refractivity (Wildman–Crippen MR) is 91.7 cm³/mol. The highest BCUT2D eigenvalue weighted by atomic mass is 32.2. The van der Waals surface area contributed by atoms with Crippen LogP contribution in [-0.4, -0.2) is 38.4 Å². The van der Waals surface area contributed by atoms with Crippen LogP contribution in [0.25, 0.3) is 5.69 Å². The number of thioether (sulfide) groups is 1. The zero-order valence-corrected chi connectivity index (χ0v) is 14.1. The number of hydrogen-bond acceptors (Lipinski definition) is 5. The smallest absolute Gasteiger partial charge is 0.230 e. The van der Waals surface area contributed by atoms with Crippen molar-refractivity contribution in [2.24, 2.45) is 0 Å². The Hall–Kier alpha value is -2.15. The van der Waals surface area contributed by atoms with E-state index < -0.39 is 0 Å². The molecule has 0 fully saturated rings. The number of aryl methyl sites for hydroxylation is 1. The van der Waals surface area contributed by atoms with Crippen molar-refractivity contribution < 1.29 is 4.79 Å². The van der Waals surface area contributed by atoms with Crippen LogP contribution in [0.15, 0.2) is 42.1 Å². The number of hydrogen-bond donors (Lipinski definition) is 1. The van der Waals surface area contributed by atoms with Gasteiger partial charge in [-0.25, -0.2) is 0 Å². The molecule has 0 atom stereocenters. The normalized spacial score (nSPS) is 10.5. The monoisotopic (exact) mass is 331 g/mol. The summed E-state index contributed by atoms with van der Waals surface area (Å²) in [5, 5.41) is 15.0. The van der Waals surface area contributed by atoms with Gasteiger partial charge in [0.2, 0.25) is 11.1 Å². The summed E-state index contributed by atoms with van der Waals surface area (Å²) in [7, 11) is 0. The van der Waals surface area contributed by atoms with Gasteiger partial charge in [0, 0.05) is 6.54 Å². The highest BCUT2D eigenvalue weighted by Gasteiger charge is 2.11. The average molecular weight is 331 g/mol. The standard InChI is InChI=1S/C16H21N5OS/c1-3-5-6-13-7-9-14(10-8-13)21-16(18-19-20-21)23-12-15(22)17-11-4-2/h4,7-10H,2-3,5-6,11-12H2,1H3,(H,17,22). The molecule has 2 rings (SSSR count). The minimum Gasteiger partial charge on any atom is -0.352 e. The Balaban J connectivity index is 1.99. The van der Waals surface area contributed by atoms with E-state index in [1.54, 1.807) is 10.8 Å². The molecule has 0 radical (unpaired) electrons. The minimum absolute atomic E-state index is 0.0700. The summed E-state index contributed by atoms with van der Waals surface area (Å²) in [5.74, 6) is 0.197. The second kappa shape index (κ2) is 9.09. The van der Waals surface area contributed by atoms with Gasteiger partial charge in [0.25, 0.3) is 0 Å². The number of unbranched alkanes of at least 4 members (excludes halogenated alkanes) is 1. The maximum Gasteiger partial charge on any atom is 0.230 e. The van der Waals surface area contributed by atoms with Gasteiger partial charge in [-0.05, 0) is 41.0 Å². The summed E-state index contributed by atoms with van der Waals surface area (Å²) < 4.78 is 1.65. The zero-order chi connectivity index (χ0) is 16.5. The number of benzene rings is 1. The van der Waals surface area contributed by atoms with Gasteiger partial charge in [0.15, 0.2) is 0 Å². The van der Waals surface area contributed by atoms with Crippen molar-refractivity contribution >= 4 is 17.7 Å². The lowest BCUT2D eigenvalue weighted by Gasteiger charge is -2.06. The van der Waals surface area contributed by atoms with E-state index in [0.717, 1.165) is 12.1 Å². The number of carbonyl (C=O) groups excluding carboxylic acids is 1. The second-order valence-electron chi connectivity index (χ2n) is 5.02. The molecule has 0 saturated carbocycles. The minimum atomic E-state index is -0.0700. The number of tetrazole rings is 1. The van der Waals surface area contributed by atoms with E-state index in [1.165, 1.54) is 30.2 Å². The fourth-order valence-corrected chi connectivity index (χ4v) is 2.70. The average Bonchev–Trinajstić information content (AvgIpc) is 3.05. The molecule has 23 heavy (non-hydrogen) atoms. The summed E-state index contributed by atoms with van der Waals surface area (Å²) in [6.45, 7) is 6.21. The van der Waals surface area contributed by atoms with Crippen molar-refractivity contribution in [3.05, 3.63) is 42.5 Å². The fourth-order valence-electron chi connectivity index (χ4n) is 1.98. The van der Waals surface area contributed by atoms with E-state index in [2.05, 4.69) is 46.5 Å². The van der Waals surface area contributed by atoms with Gasteiger partial charge >= 0.3 is 0 Å². The highest BCUT2D eigenvalue weighted by Crippen LogP contribution is 2.18. The molecular weight excluding hydrogens is 310 g/mol. The molecule has 0 bridgehead atoms. The van der Waals surface area contributed by atoms with E-state index in [-0.39, 0.29) is 11.7 Å². The van der Waals surface area contributed by atoms with Crippen LogP contribution in [0.4, 0.5) is 0 Å². The van der Waals surface area contributed by atoms with Crippen molar-refractivity contribution in [3.63, 3.8) is 0 Å². The van der Waals surface area contributed by atoms with Crippen LogP contribution in [0.5, 0.6) is 0 Å². The van der Waals surface area contributed by atoms with Gasteiger partial charge in [-0.15, -0.1) is 11.7 Å². The van der Waals surface area contributed by atoms with Gasteiger partial charge < -0.3 is 5.32 Å². The topological polar surface area (TPSA) is 72.7 Å². The molecule has 6 nitrogen and oxygen atoms in total. The van der Waals surface area contributed by atoms with Gasteiger partial charge in [-0.3, -0.25) is 4.79 Å². The number of nitrogens with one attached hydrogen (secondary N) is 1. The molecule has 0 unspecified atom stereocenters. The van der Waals surface area contributed by atoms with Gasteiger partial charge in [0.05, 0.1) is 11.4 Å². The summed E-state index contributed by atoms with van der Waals surface area (Å²) in [4.78, 5) is 11.6. The molecular formula is C16H21N5OS. The predicted octanol–water partition coefficient (Wildman–Crippen LogP) is 2.40. The van der Waals surface area contributed by atoms with Crippen molar-refractivity contribution in [2.45, 2.75) is 31.3 Å². The number of carbonyl (C=O) groups is 1. The lowest BCUT2D eigenvalue weighted by Crippen LogP contribution is -2.25. The summed E-state index contributed by atoms with van der Waals surface area (Å²) in [5.41, 5.74) is 2.20. The third-order valence-electron chi connectivity index (χ3n) is 3.22. The molecule has 0 aliphatic carbocycles. The summed E-state index contributed by atoms with van der Waals surface area (Å²) in [6, 6.07) is 8.20. The van der Waals surface area contributed by atoms with Crippen LogP contribution < -0.4 is 5.32 Å². The maximum absolute atomic E-state index is 11.6. The van der Waals surface area contributed by atoms with Crippen LogP contribution in [0, 0.1) is 0 Å². The Morgan fingerprint density at radius 1 is 1.39 bits per heavy atom. The molecule has 2 aromatic rings. The first-order chi connectivity index (χ1) is 11.2. The van der Waals surface area contributed by atoms with E-state index >= 15 is 0 Å². The first-order valence-electron chi connectivity index (χ1n) is 7.62. The van der Waals surface area contributed by atoms with Crippen LogP contribution in [0.3, 0.4) is 0 Å². The van der Waals surface area contributed by atoms with Crippen LogP contribution in [0.2, 0.25) is 0 Å². The van der Waals surface area contributed by atoms with Crippen molar-refractivity contribution in [2.75, 3.05) is 12.3 Å². The molecule has 1 aromatic heterocycles. The third-order valence-corrected chi connectivity index (χ3v) is 4.14. The Bertz CT molecular complexity index is 638. The van der Waals surface area contributed by atoms with Crippen LogP contribution >= 0.6 is 11.8 Å². The maximum atomic E-state index is 11.6. The van der Waals surface area contributed by atoms with Crippen LogP contribution in [0.1, 0.15) is 25.3 Å². The molecule has 1 N–H and O–H groups in total. The zero-order valence-electron chi connectivity index (χ0n) is 13.2. The largest absolute Gasteiger partial charge is 0.352 e. The Morgan fingerprint density at radius 3 is 2.87 bits per heavy atom. The van der Waals surface area contributed by atoms with Gasteiger partial charge in [-0.2, -0.15) is 4.68 Å². The Kier molecular flexibility index (Phi) is 6.80. The number of nitrogens with zero attached hydrogens (tertiary/aromatic N) is 4. The second-order valence-corrected chi connectivity index (χ2v) is 5.97. The quantitative estimate of drug-likeness (QED) is 0.564. The molecule has 1 aromatic carbocycles. The molecule has 122 valence electrons. The molecule has 1 heterocycles. The van der Waals surface area contributed by atoms with E-state index in [1.807, 2.05) is 12.1 Å². The molecule has 0 saturated heterocycles. The van der Waals surface area contributed by atoms with Crippen molar-refractivity contribution in [1.82, 2.24) is 25.5 Å². The van der Waals surface area contributed by atoms with Crippen molar-refractivity contribution in [1.29, 1.82) is 0 Å². The Labute approximate surface area is 140 Å². The first-order valence-corrected chi connectivity index (χ1v) is 8.61. The lowest BCUT2D eigenvalue weighted by molar-refractivity contribution is -0.118. The molecule has 0 aliphatic heterocycles. The summed E-state index contributed by atoms with van der Waals surface area (Å²) in [6.07, 6.45) is 5.10. The third kappa shape index (κ3) is 5.21. The molecule has 7 heteroatoms. The number of amides is 1. The number of aromatic nitrogens is 4. The van der Waals surface area contributed by atoms with E-state index in [4.69, 9.17) is 0 Å². The highest BCUT2D eigenvalue weighted by molar-refractivity contribution is 7.99. The first kappa shape index (κ1) is 17.2. The number of rotatable bonds is 9. The van der Waals surface area contributed by atoms with E-state index in [0.29, 0.717) is 11.7 Å². The fraction of sp³-hybridized carbons (Fsp3) is 0.375. The Morgan fingerprint density at radius 2 is 2.17 bits per heavy atom. The molecule has 0 spiro atoms.